The molecule has 2 N–H and O–H groups in total. The van der Waals surface area contributed by atoms with E-state index in [9.17, 15) is 9.59 Å². The maximum absolute atomic E-state index is 11.9. The average molecular weight is 284 g/mol. The van der Waals surface area contributed by atoms with Gasteiger partial charge in [0.1, 0.15) is 0 Å². The van der Waals surface area contributed by atoms with Crippen molar-refractivity contribution < 1.29 is 14.7 Å². The molecule has 1 rings (SSSR count). The third kappa shape index (κ3) is 4.56. The first-order valence-corrected chi connectivity index (χ1v) is 6.60. The van der Waals surface area contributed by atoms with Gasteiger partial charge in [0.15, 0.2) is 0 Å². The lowest BCUT2D eigenvalue weighted by Gasteiger charge is -2.12. The van der Waals surface area contributed by atoms with Crippen molar-refractivity contribution in [2.75, 3.05) is 6.54 Å². The van der Waals surface area contributed by atoms with E-state index in [1.807, 2.05) is 13.8 Å². The summed E-state index contributed by atoms with van der Waals surface area (Å²) >= 11 is 5.95. The largest absolute Gasteiger partial charge is 0.481 e. The maximum atomic E-state index is 11.9. The Hall–Kier alpha value is -1.55. The zero-order valence-corrected chi connectivity index (χ0v) is 11.8. The summed E-state index contributed by atoms with van der Waals surface area (Å²) in [6.07, 6.45) is 1.31. The lowest BCUT2D eigenvalue weighted by molar-refractivity contribution is -0.141. The topological polar surface area (TPSA) is 66.4 Å². The fourth-order valence-electron chi connectivity index (χ4n) is 1.71. The number of benzene rings is 1. The van der Waals surface area contributed by atoms with E-state index >= 15 is 0 Å². The number of carboxylic acids is 1. The highest BCUT2D eigenvalue weighted by atomic mass is 35.5. The Balaban J connectivity index is 2.63. The molecule has 19 heavy (non-hydrogen) atoms. The summed E-state index contributed by atoms with van der Waals surface area (Å²) in [7, 11) is 0. The van der Waals surface area contributed by atoms with E-state index in [0.29, 0.717) is 17.0 Å². The van der Waals surface area contributed by atoms with Crippen LogP contribution in [0, 0.1) is 12.8 Å². The van der Waals surface area contributed by atoms with Crippen LogP contribution in [0.2, 0.25) is 5.02 Å². The van der Waals surface area contributed by atoms with Gasteiger partial charge in [-0.2, -0.15) is 0 Å². The normalized spacial score (nSPS) is 11.9. The first kappa shape index (κ1) is 15.5. The Kier molecular flexibility index (Phi) is 5.83. The molecule has 0 fully saturated rings. The maximum Gasteiger partial charge on any atom is 0.308 e. The summed E-state index contributed by atoms with van der Waals surface area (Å²) in [6, 6.07) is 5.02. The van der Waals surface area contributed by atoms with E-state index in [1.165, 1.54) is 0 Å². The molecule has 4 nitrogen and oxygen atoms in total. The summed E-state index contributed by atoms with van der Waals surface area (Å²) in [6.45, 7) is 3.90. The lowest BCUT2D eigenvalue weighted by Crippen LogP contribution is -2.32. The Morgan fingerprint density at radius 2 is 2.11 bits per heavy atom. The van der Waals surface area contributed by atoms with E-state index in [4.69, 9.17) is 16.7 Å². The number of carbonyl (C=O) groups excluding carboxylic acids is 1. The molecule has 1 amide bonds. The van der Waals surface area contributed by atoms with Crippen LogP contribution in [0.4, 0.5) is 0 Å². The number of hydrogen-bond acceptors (Lipinski definition) is 2. The van der Waals surface area contributed by atoms with E-state index in [1.54, 1.807) is 18.2 Å². The summed E-state index contributed by atoms with van der Waals surface area (Å²) in [5.41, 5.74) is 1.34. The van der Waals surface area contributed by atoms with Gasteiger partial charge in [-0.15, -0.1) is 0 Å². The molecule has 0 aromatic heterocycles. The Morgan fingerprint density at radius 3 is 2.63 bits per heavy atom. The molecule has 104 valence electrons. The molecule has 0 radical (unpaired) electrons. The molecule has 0 spiro atoms. The standard InChI is InChI=1S/C14H18ClNO3/c1-3-4-11(14(18)19)8-16-13(17)10-6-5-9(2)12(15)7-10/h5-7,11H,3-4,8H2,1-2H3,(H,16,17)(H,18,19). The van der Waals surface area contributed by atoms with Crippen LogP contribution in [0.15, 0.2) is 18.2 Å². The van der Waals surface area contributed by atoms with Gasteiger partial charge >= 0.3 is 5.97 Å². The van der Waals surface area contributed by atoms with Crippen molar-refractivity contribution in [3.8, 4) is 0 Å². The van der Waals surface area contributed by atoms with Gasteiger partial charge in [-0.3, -0.25) is 9.59 Å². The van der Waals surface area contributed by atoms with Crippen molar-refractivity contribution in [2.45, 2.75) is 26.7 Å². The highest BCUT2D eigenvalue weighted by Crippen LogP contribution is 2.16. The molecular formula is C14H18ClNO3. The second-order valence-corrected chi connectivity index (χ2v) is 4.91. The van der Waals surface area contributed by atoms with Crippen LogP contribution in [-0.2, 0) is 4.79 Å². The molecular weight excluding hydrogens is 266 g/mol. The Bertz CT molecular complexity index is 474. The number of halogens is 1. The minimum absolute atomic E-state index is 0.132. The van der Waals surface area contributed by atoms with E-state index in [-0.39, 0.29) is 12.5 Å². The van der Waals surface area contributed by atoms with Gasteiger partial charge in [0, 0.05) is 17.1 Å². The van der Waals surface area contributed by atoms with Crippen LogP contribution in [0.1, 0.15) is 35.7 Å². The van der Waals surface area contributed by atoms with Crippen LogP contribution < -0.4 is 5.32 Å². The third-order valence-electron chi connectivity index (χ3n) is 2.93. The minimum atomic E-state index is -0.885. The summed E-state index contributed by atoms with van der Waals surface area (Å²) in [4.78, 5) is 22.8. The SMILES string of the molecule is CCCC(CNC(=O)c1ccc(C)c(Cl)c1)C(=O)O. The molecule has 0 aliphatic rings. The number of carbonyl (C=O) groups is 2. The van der Waals surface area contributed by atoms with Crippen molar-refractivity contribution in [2.24, 2.45) is 5.92 Å². The van der Waals surface area contributed by atoms with Crippen LogP contribution in [0.25, 0.3) is 0 Å². The average Bonchev–Trinajstić information content (AvgIpc) is 2.37. The molecule has 0 bridgehead atoms. The smallest absolute Gasteiger partial charge is 0.308 e. The number of carboxylic acid groups (broad SMARTS) is 1. The molecule has 1 unspecified atom stereocenters. The molecule has 5 heteroatoms. The first-order chi connectivity index (χ1) is 8.95. The molecule has 0 heterocycles. The number of amides is 1. The van der Waals surface area contributed by atoms with E-state index in [0.717, 1.165) is 12.0 Å². The zero-order valence-electron chi connectivity index (χ0n) is 11.1. The molecule has 0 saturated carbocycles. The number of nitrogens with one attached hydrogen (secondary N) is 1. The quantitative estimate of drug-likeness (QED) is 0.843. The van der Waals surface area contributed by atoms with E-state index in [2.05, 4.69) is 5.32 Å². The van der Waals surface area contributed by atoms with Crippen molar-refractivity contribution >= 4 is 23.5 Å². The van der Waals surface area contributed by atoms with Crippen LogP contribution in [-0.4, -0.2) is 23.5 Å². The van der Waals surface area contributed by atoms with Crippen molar-refractivity contribution in [3.05, 3.63) is 34.3 Å². The fraction of sp³-hybridized carbons (Fsp3) is 0.429. The predicted molar refractivity (Wildman–Crippen MR) is 74.6 cm³/mol. The van der Waals surface area contributed by atoms with Gasteiger partial charge in [-0.05, 0) is 31.0 Å². The van der Waals surface area contributed by atoms with Crippen LogP contribution in [0.5, 0.6) is 0 Å². The van der Waals surface area contributed by atoms with Gasteiger partial charge in [0.25, 0.3) is 5.91 Å². The zero-order chi connectivity index (χ0) is 14.4. The molecule has 0 saturated heterocycles. The monoisotopic (exact) mass is 283 g/mol. The van der Waals surface area contributed by atoms with Gasteiger partial charge in [-0.25, -0.2) is 0 Å². The third-order valence-corrected chi connectivity index (χ3v) is 3.34. The molecule has 1 atom stereocenters. The molecule has 0 aliphatic carbocycles. The predicted octanol–water partition coefficient (Wildman–Crippen LogP) is 2.88. The molecule has 1 aromatic carbocycles. The van der Waals surface area contributed by atoms with Crippen molar-refractivity contribution in [1.29, 1.82) is 0 Å². The summed E-state index contributed by atoms with van der Waals surface area (Å²) in [5.74, 6) is -1.73. The summed E-state index contributed by atoms with van der Waals surface area (Å²) in [5, 5.41) is 12.2. The lowest BCUT2D eigenvalue weighted by atomic mass is 10.0. The highest BCUT2D eigenvalue weighted by Gasteiger charge is 2.17. The van der Waals surface area contributed by atoms with Crippen molar-refractivity contribution in [1.82, 2.24) is 5.32 Å². The van der Waals surface area contributed by atoms with Gasteiger partial charge in [-0.1, -0.05) is 31.0 Å². The van der Waals surface area contributed by atoms with Gasteiger partial charge in [0.05, 0.1) is 5.92 Å². The number of aryl methyl sites for hydroxylation is 1. The van der Waals surface area contributed by atoms with E-state index < -0.39 is 11.9 Å². The first-order valence-electron chi connectivity index (χ1n) is 6.22. The van der Waals surface area contributed by atoms with Crippen molar-refractivity contribution in [3.63, 3.8) is 0 Å². The highest BCUT2D eigenvalue weighted by molar-refractivity contribution is 6.31. The second kappa shape index (κ2) is 7.14. The number of aliphatic carboxylic acids is 1. The van der Waals surface area contributed by atoms with Crippen LogP contribution >= 0.6 is 11.6 Å². The Morgan fingerprint density at radius 1 is 1.42 bits per heavy atom. The number of hydrogen-bond donors (Lipinski definition) is 2. The van der Waals surface area contributed by atoms with Gasteiger partial charge in [0.2, 0.25) is 0 Å². The Labute approximate surface area is 117 Å². The fourth-order valence-corrected chi connectivity index (χ4v) is 1.89. The minimum Gasteiger partial charge on any atom is -0.481 e. The second-order valence-electron chi connectivity index (χ2n) is 4.50. The summed E-state index contributed by atoms with van der Waals surface area (Å²) < 4.78 is 0. The molecule has 1 aromatic rings. The van der Waals surface area contributed by atoms with Gasteiger partial charge < -0.3 is 10.4 Å². The number of rotatable bonds is 6. The van der Waals surface area contributed by atoms with Crippen LogP contribution in [0.3, 0.4) is 0 Å². The molecule has 0 aliphatic heterocycles.